The predicted octanol–water partition coefficient (Wildman–Crippen LogP) is 4.78. The molecule has 0 heterocycles. The molecule has 0 saturated heterocycles. The molecule has 0 unspecified atom stereocenters. The Morgan fingerprint density at radius 2 is 0.906 bits per heavy atom. The molecule has 0 radical (unpaired) electrons. The first-order valence-electron chi connectivity index (χ1n) is 17.3. The molecule has 264 valence electrons. The van der Waals surface area contributed by atoms with Gasteiger partial charge in [0.15, 0.2) is 11.6 Å². The monoisotopic (exact) mass is 738 g/mol. The predicted molar refractivity (Wildman–Crippen MR) is 209 cm³/mol. The minimum Gasteiger partial charge on any atom is -0.496 e. The van der Waals surface area contributed by atoms with Crippen LogP contribution in [-0.2, 0) is 26.1 Å². The average molecular weight is 739 g/mol. The SMILES string of the molecule is COc1ccc2ccccc2c1C1=c2ccccc2=C/C(=C/NCCN/C=C2/C=c3ccccc3=C(c3c(OC)ccc4ccccc34)C2=O)C1=O.[Ni]. The van der Waals surface area contributed by atoms with E-state index >= 15 is 0 Å². The van der Waals surface area contributed by atoms with Crippen molar-refractivity contribution in [3.8, 4) is 11.5 Å². The summed E-state index contributed by atoms with van der Waals surface area (Å²) >= 11 is 0. The van der Waals surface area contributed by atoms with Crippen LogP contribution in [0.3, 0.4) is 0 Å². The first-order chi connectivity index (χ1) is 25.6. The van der Waals surface area contributed by atoms with E-state index in [-0.39, 0.29) is 28.1 Å². The Morgan fingerprint density at radius 1 is 0.509 bits per heavy atom. The number of Topliss-reactive ketones (excluding diaryl/α,β-unsaturated/α-hetero) is 2. The Balaban J connectivity index is 0.00000435. The largest absolute Gasteiger partial charge is 0.496 e. The summed E-state index contributed by atoms with van der Waals surface area (Å²) in [5, 5.41) is 14.3. The molecule has 0 aliphatic heterocycles. The molecule has 0 fully saturated rings. The zero-order valence-electron chi connectivity index (χ0n) is 29.2. The number of ketones is 2. The maximum Gasteiger partial charge on any atom is 0.195 e. The van der Waals surface area contributed by atoms with Gasteiger partial charge in [0.2, 0.25) is 0 Å². The van der Waals surface area contributed by atoms with Gasteiger partial charge in [-0.25, -0.2) is 0 Å². The summed E-state index contributed by atoms with van der Waals surface area (Å²) in [6.07, 6.45) is 7.40. The average Bonchev–Trinajstić information content (AvgIpc) is 3.19. The van der Waals surface area contributed by atoms with Gasteiger partial charge in [-0.1, -0.05) is 109 Å². The van der Waals surface area contributed by atoms with Crippen molar-refractivity contribution in [1.29, 1.82) is 0 Å². The Bertz CT molecular complexity index is 2570. The van der Waals surface area contributed by atoms with Gasteiger partial charge in [0.25, 0.3) is 0 Å². The molecule has 0 aromatic heterocycles. The molecule has 0 amide bonds. The van der Waals surface area contributed by atoms with E-state index in [1.807, 2.05) is 133 Å². The van der Waals surface area contributed by atoms with E-state index in [1.165, 1.54) is 0 Å². The van der Waals surface area contributed by atoms with Crippen molar-refractivity contribution in [2.75, 3.05) is 27.3 Å². The van der Waals surface area contributed by atoms with Crippen LogP contribution >= 0.6 is 0 Å². The van der Waals surface area contributed by atoms with Crippen molar-refractivity contribution in [2.45, 2.75) is 0 Å². The summed E-state index contributed by atoms with van der Waals surface area (Å²) < 4.78 is 11.6. The van der Waals surface area contributed by atoms with Crippen LogP contribution in [0.5, 0.6) is 11.5 Å². The number of carbonyl (C=O) groups excluding carboxylic acids is 2. The van der Waals surface area contributed by atoms with Crippen molar-refractivity contribution >= 4 is 56.4 Å². The van der Waals surface area contributed by atoms with Gasteiger partial charge in [-0.15, -0.1) is 0 Å². The molecule has 2 N–H and O–H groups in total. The normalized spacial score (nSPS) is 15.0. The first-order valence-corrected chi connectivity index (χ1v) is 17.3. The van der Waals surface area contributed by atoms with Crippen LogP contribution in [0.2, 0.25) is 0 Å². The zero-order valence-corrected chi connectivity index (χ0v) is 30.2. The standard InChI is InChI=1S/C46H36N2O4.Ni/c1-51-39-21-19-29-11-3-7-15-35(29)41(39)43-37-17-9-5-13-31(37)25-33(45(43)49)27-47-23-24-48-28-34-26-32-14-6-10-18-38(32)44(46(34)50)42-36-16-8-4-12-30(36)20-22-40(42)52-2;/h3-22,25-28,47-48H,23-24H2,1-2H3;/b33-27-,34-28-;. The molecular weight excluding hydrogens is 703 g/mol. The van der Waals surface area contributed by atoms with E-state index in [9.17, 15) is 9.59 Å². The maximum absolute atomic E-state index is 14.2. The molecule has 0 bridgehead atoms. The number of hydrogen-bond donors (Lipinski definition) is 2. The molecule has 2 aliphatic rings. The van der Waals surface area contributed by atoms with Gasteiger partial charge in [-0.05, 0) is 66.7 Å². The topological polar surface area (TPSA) is 76.7 Å². The summed E-state index contributed by atoms with van der Waals surface area (Å²) in [5.74, 6) is 1.14. The van der Waals surface area contributed by atoms with E-state index in [4.69, 9.17) is 9.47 Å². The van der Waals surface area contributed by atoms with Gasteiger partial charge >= 0.3 is 0 Å². The number of hydrogen-bond acceptors (Lipinski definition) is 6. The van der Waals surface area contributed by atoms with Crippen LogP contribution in [0.4, 0.5) is 0 Å². The number of rotatable bonds is 9. The van der Waals surface area contributed by atoms with E-state index in [0.717, 1.165) is 53.5 Å². The third kappa shape index (κ3) is 6.45. The number of ether oxygens (including phenoxy) is 2. The molecule has 53 heavy (non-hydrogen) atoms. The Morgan fingerprint density at radius 3 is 1.34 bits per heavy atom. The van der Waals surface area contributed by atoms with Crippen molar-refractivity contribution < 1.29 is 35.6 Å². The first kappa shape index (κ1) is 35.2. The van der Waals surface area contributed by atoms with Gasteiger partial charge in [0, 0.05) is 75.4 Å². The van der Waals surface area contributed by atoms with Crippen LogP contribution in [0.25, 0.3) is 44.8 Å². The number of allylic oxidation sites excluding steroid dienone is 2. The molecule has 6 aromatic rings. The third-order valence-corrected chi connectivity index (χ3v) is 9.71. The molecular formula is C46H36N2NiO4. The van der Waals surface area contributed by atoms with Gasteiger partial charge in [0.05, 0.1) is 14.2 Å². The van der Waals surface area contributed by atoms with Gasteiger partial charge < -0.3 is 20.1 Å². The third-order valence-electron chi connectivity index (χ3n) is 9.71. The quantitative estimate of drug-likeness (QED) is 0.127. The van der Waals surface area contributed by atoms with Crippen LogP contribution in [0.15, 0.2) is 145 Å². The summed E-state index contributed by atoms with van der Waals surface area (Å²) in [6, 6.07) is 39.9. The van der Waals surface area contributed by atoms with E-state index in [0.29, 0.717) is 46.9 Å². The van der Waals surface area contributed by atoms with Gasteiger partial charge in [-0.2, -0.15) is 0 Å². The van der Waals surface area contributed by atoms with Crippen LogP contribution in [0, 0.1) is 0 Å². The summed E-state index contributed by atoms with van der Waals surface area (Å²) in [4.78, 5) is 28.5. The Kier molecular flexibility index (Phi) is 10.1. The fraction of sp³-hybridized carbons (Fsp3) is 0.0870. The molecule has 0 spiro atoms. The second-order valence-electron chi connectivity index (χ2n) is 12.7. The number of fused-ring (bicyclic) bond motifs is 4. The molecule has 0 atom stereocenters. The van der Waals surface area contributed by atoms with Crippen LogP contribution in [0.1, 0.15) is 11.1 Å². The Labute approximate surface area is 317 Å². The van der Waals surface area contributed by atoms with Gasteiger partial charge in [0.1, 0.15) is 11.5 Å². The Hall–Kier alpha value is -6.17. The van der Waals surface area contributed by atoms with Crippen LogP contribution in [-0.4, -0.2) is 38.9 Å². The van der Waals surface area contributed by atoms with E-state index in [2.05, 4.69) is 10.6 Å². The second-order valence-corrected chi connectivity index (χ2v) is 12.7. The summed E-state index contributed by atoms with van der Waals surface area (Å²) in [6.45, 7) is 1.03. The number of benzene rings is 6. The van der Waals surface area contributed by atoms with Crippen molar-refractivity contribution in [3.05, 3.63) is 177 Å². The second kappa shape index (κ2) is 15.2. The fourth-order valence-electron chi connectivity index (χ4n) is 7.28. The molecule has 7 heteroatoms. The van der Waals surface area contributed by atoms with E-state index < -0.39 is 0 Å². The van der Waals surface area contributed by atoms with Crippen LogP contribution < -0.4 is 41.0 Å². The van der Waals surface area contributed by atoms with Gasteiger partial charge in [-0.3, -0.25) is 9.59 Å². The minimum absolute atomic E-state index is 0. The summed E-state index contributed by atoms with van der Waals surface area (Å²) in [5.41, 5.74) is 3.92. The van der Waals surface area contributed by atoms with Crippen molar-refractivity contribution in [1.82, 2.24) is 10.6 Å². The molecule has 2 aliphatic carbocycles. The number of carbonyl (C=O) groups is 2. The fourth-order valence-corrected chi connectivity index (χ4v) is 7.28. The molecule has 6 nitrogen and oxygen atoms in total. The zero-order chi connectivity index (χ0) is 35.6. The number of methoxy groups -OCH3 is 2. The van der Waals surface area contributed by atoms with E-state index in [1.54, 1.807) is 26.6 Å². The maximum atomic E-state index is 14.2. The van der Waals surface area contributed by atoms with Crippen molar-refractivity contribution in [2.24, 2.45) is 0 Å². The van der Waals surface area contributed by atoms with Crippen molar-refractivity contribution in [3.63, 3.8) is 0 Å². The smallest absolute Gasteiger partial charge is 0.195 e. The molecule has 8 rings (SSSR count). The minimum atomic E-state index is -0.0797. The number of nitrogens with one attached hydrogen (secondary N) is 2. The molecule has 6 aromatic carbocycles. The summed E-state index contributed by atoms with van der Waals surface area (Å²) in [7, 11) is 3.27. The molecule has 0 saturated carbocycles.